The van der Waals surface area contributed by atoms with Gasteiger partial charge in [0.25, 0.3) is 0 Å². The molecule has 1 rings (SSSR count). The summed E-state index contributed by atoms with van der Waals surface area (Å²) in [6.45, 7) is 0. The smallest absolute Gasteiger partial charge is 0.239 e. The van der Waals surface area contributed by atoms with Gasteiger partial charge in [0.2, 0.25) is 5.91 Å². The normalized spacial score (nSPS) is 9.77. The molecule has 0 aliphatic carbocycles. The van der Waals surface area contributed by atoms with Crippen molar-refractivity contribution in [1.82, 2.24) is 0 Å². The first-order valence-electron chi connectivity index (χ1n) is 3.44. The third-order valence-electron chi connectivity index (χ3n) is 1.32. The predicted octanol–water partition coefficient (Wildman–Crippen LogP) is 3.23. The Labute approximate surface area is 103 Å². The van der Waals surface area contributed by atoms with Gasteiger partial charge in [0, 0.05) is 8.04 Å². The minimum Gasteiger partial charge on any atom is -0.324 e. The predicted molar refractivity (Wildman–Crippen MR) is 66.2 cm³/mol. The third kappa shape index (κ3) is 3.44. The van der Waals surface area contributed by atoms with Gasteiger partial charge in [-0.1, -0.05) is 15.9 Å². The van der Waals surface area contributed by atoms with Crippen LogP contribution in [-0.4, -0.2) is 11.8 Å². The SMILES string of the molecule is O=C(CCl)Nc1cc(Br)ccc1I. The van der Waals surface area contributed by atoms with Crippen LogP contribution in [0.3, 0.4) is 0 Å². The van der Waals surface area contributed by atoms with Crippen LogP contribution in [0.4, 0.5) is 5.69 Å². The second-order valence-corrected chi connectivity index (χ2v) is 4.65. The van der Waals surface area contributed by atoms with Crippen molar-refractivity contribution >= 4 is 61.7 Å². The van der Waals surface area contributed by atoms with Gasteiger partial charge < -0.3 is 5.32 Å². The van der Waals surface area contributed by atoms with Gasteiger partial charge in [-0.25, -0.2) is 0 Å². The second-order valence-electron chi connectivity index (χ2n) is 2.31. The number of anilines is 1. The van der Waals surface area contributed by atoms with E-state index in [1.165, 1.54) is 0 Å². The molecule has 0 spiro atoms. The van der Waals surface area contributed by atoms with Gasteiger partial charge in [0.15, 0.2) is 0 Å². The lowest BCUT2D eigenvalue weighted by molar-refractivity contribution is -0.113. The Bertz CT molecular complexity index is 332. The standard InChI is InChI=1S/C8H6BrClINO/c9-5-1-2-6(11)7(3-5)12-8(13)4-10/h1-3H,4H2,(H,12,13). The van der Waals surface area contributed by atoms with Gasteiger partial charge in [-0.15, -0.1) is 11.6 Å². The molecular formula is C8H6BrClINO. The summed E-state index contributed by atoms with van der Waals surface area (Å²) in [5, 5.41) is 2.69. The maximum absolute atomic E-state index is 11.0. The summed E-state index contributed by atoms with van der Waals surface area (Å²) in [6.07, 6.45) is 0. The molecule has 70 valence electrons. The first-order chi connectivity index (χ1) is 6.13. The van der Waals surface area contributed by atoms with E-state index >= 15 is 0 Å². The van der Waals surface area contributed by atoms with Crippen LogP contribution in [0.15, 0.2) is 22.7 Å². The zero-order valence-electron chi connectivity index (χ0n) is 6.48. The van der Waals surface area contributed by atoms with Crippen molar-refractivity contribution in [2.24, 2.45) is 0 Å². The average molecular weight is 374 g/mol. The summed E-state index contributed by atoms with van der Waals surface area (Å²) in [4.78, 5) is 11.0. The second kappa shape index (κ2) is 5.17. The molecule has 0 aliphatic rings. The third-order valence-corrected chi connectivity index (χ3v) is 3.00. The molecule has 0 heterocycles. The molecule has 0 saturated heterocycles. The van der Waals surface area contributed by atoms with Gasteiger partial charge >= 0.3 is 0 Å². The number of halogens is 3. The minimum atomic E-state index is -0.197. The molecular weight excluding hydrogens is 368 g/mol. The van der Waals surface area contributed by atoms with Crippen molar-refractivity contribution < 1.29 is 4.79 Å². The first-order valence-corrected chi connectivity index (χ1v) is 5.85. The summed E-state index contributed by atoms with van der Waals surface area (Å²) in [7, 11) is 0. The Kier molecular flexibility index (Phi) is 4.48. The fourth-order valence-electron chi connectivity index (χ4n) is 0.777. The van der Waals surface area contributed by atoms with Crippen molar-refractivity contribution in [3.63, 3.8) is 0 Å². The Morgan fingerprint density at radius 2 is 2.31 bits per heavy atom. The van der Waals surface area contributed by atoms with Gasteiger partial charge in [0.1, 0.15) is 5.88 Å². The Balaban J connectivity index is 2.87. The molecule has 1 aromatic carbocycles. The number of nitrogens with one attached hydrogen (secondary N) is 1. The largest absolute Gasteiger partial charge is 0.324 e. The van der Waals surface area contributed by atoms with Crippen LogP contribution >= 0.6 is 50.1 Å². The van der Waals surface area contributed by atoms with E-state index in [-0.39, 0.29) is 11.8 Å². The number of carbonyl (C=O) groups excluding carboxylic acids is 1. The zero-order chi connectivity index (χ0) is 9.84. The van der Waals surface area contributed by atoms with Crippen LogP contribution in [0.1, 0.15) is 0 Å². The molecule has 0 aromatic heterocycles. The topological polar surface area (TPSA) is 29.1 Å². The fraction of sp³-hybridized carbons (Fsp3) is 0.125. The van der Waals surface area contributed by atoms with Crippen molar-refractivity contribution in [3.8, 4) is 0 Å². The van der Waals surface area contributed by atoms with Crippen molar-refractivity contribution in [2.75, 3.05) is 11.2 Å². The van der Waals surface area contributed by atoms with Crippen LogP contribution in [0.5, 0.6) is 0 Å². The highest BCUT2D eigenvalue weighted by atomic mass is 127. The number of hydrogen-bond acceptors (Lipinski definition) is 1. The van der Waals surface area contributed by atoms with E-state index in [0.717, 1.165) is 13.7 Å². The summed E-state index contributed by atoms with van der Waals surface area (Å²) in [5.74, 6) is -0.222. The van der Waals surface area contributed by atoms with Crippen LogP contribution < -0.4 is 5.32 Å². The molecule has 13 heavy (non-hydrogen) atoms. The molecule has 1 amide bonds. The summed E-state index contributed by atoms with van der Waals surface area (Å²) in [6, 6.07) is 5.67. The number of rotatable bonds is 2. The Morgan fingerprint density at radius 3 is 2.92 bits per heavy atom. The van der Waals surface area contributed by atoms with Crippen molar-refractivity contribution in [1.29, 1.82) is 0 Å². The Hall–Kier alpha value is 0.190. The number of amides is 1. The minimum absolute atomic E-state index is 0.0252. The highest BCUT2D eigenvalue weighted by molar-refractivity contribution is 14.1. The van der Waals surface area contributed by atoms with E-state index in [0.29, 0.717) is 0 Å². The highest BCUT2D eigenvalue weighted by Gasteiger charge is 2.03. The molecule has 0 aliphatic heterocycles. The van der Waals surface area contributed by atoms with Crippen LogP contribution in [0.25, 0.3) is 0 Å². The van der Waals surface area contributed by atoms with E-state index in [1.54, 1.807) is 0 Å². The number of alkyl halides is 1. The molecule has 0 fully saturated rings. The van der Waals surface area contributed by atoms with E-state index in [4.69, 9.17) is 11.6 Å². The number of carbonyl (C=O) groups is 1. The summed E-state index contributed by atoms with van der Waals surface area (Å²) < 4.78 is 1.91. The average Bonchev–Trinajstić information content (AvgIpc) is 2.11. The first kappa shape index (κ1) is 11.3. The molecule has 0 atom stereocenters. The molecule has 1 N–H and O–H groups in total. The Morgan fingerprint density at radius 1 is 1.62 bits per heavy atom. The highest BCUT2D eigenvalue weighted by Crippen LogP contribution is 2.22. The van der Waals surface area contributed by atoms with Gasteiger partial charge in [-0.3, -0.25) is 4.79 Å². The number of hydrogen-bond donors (Lipinski definition) is 1. The van der Waals surface area contributed by atoms with E-state index < -0.39 is 0 Å². The molecule has 2 nitrogen and oxygen atoms in total. The maximum atomic E-state index is 11.0. The zero-order valence-corrected chi connectivity index (χ0v) is 11.0. The monoisotopic (exact) mass is 373 g/mol. The number of benzene rings is 1. The van der Waals surface area contributed by atoms with Gasteiger partial charge in [-0.05, 0) is 40.8 Å². The van der Waals surface area contributed by atoms with E-state index in [9.17, 15) is 4.79 Å². The van der Waals surface area contributed by atoms with Crippen LogP contribution in [0, 0.1) is 3.57 Å². The quantitative estimate of drug-likeness (QED) is 0.625. The van der Waals surface area contributed by atoms with E-state index in [1.807, 2.05) is 18.2 Å². The van der Waals surface area contributed by atoms with Gasteiger partial charge in [-0.2, -0.15) is 0 Å². The van der Waals surface area contributed by atoms with Gasteiger partial charge in [0.05, 0.1) is 5.69 Å². The lowest BCUT2D eigenvalue weighted by Crippen LogP contribution is -2.13. The van der Waals surface area contributed by atoms with Crippen LogP contribution in [0.2, 0.25) is 0 Å². The molecule has 0 bridgehead atoms. The van der Waals surface area contributed by atoms with Crippen molar-refractivity contribution in [3.05, 3.63) is 26.2 Å². The summed E-state index contributed by atoms with van der Waals surface area (Å²) in [5.41, 5.74) is 0.778. The molecule has 0 unspecified atom stereocenters. The lowest BCUT2D eigenvalue weighted by Gasteiger charge is -2.05. The van der Waals surface area contributed by atoms with Crippen molar-refractivity contribution in [2.45, 2.75) is 0 Å². The fourth-order valence-corrected chi connectivity index (χ4v) is 1.68. The van der Waals surface area contributed by atoms with E-state index in [2.05, 4.69) is 43.8 Å². The lowest BCUT2D eigenvalue weighted by atomic mass is 10.3. The molecule has 0 saturated carbocycles. The molecule has 1 aromatic rings. The molecule has 0 radical (unpaired) electrons. The van der Waals surface area contributed by atoms with Crippen LogP contribution in [-0.2, 0) is 4.79 Å². The maximum Gasteiger partial charge on any atom is 0.239 e. The summed E-state index contributed by atoms with van der Waals surface area (Å²) >= 11 is 10.8. The molecule has 5 heteroatoms.